The second kappa shape index (κ2) is 8.28. The highest BCUT2D eigenvalue weighted by atomic mass is 32.2. The van der Waals surface area contributed by atoms with E-state index in [2.05, 4.69) is 9.93 Å². The highest BCUT2D eigenvalue weighted by molar-refractivity contribution is 7.89. The molecule has 1 aromatic rings. The highest BCUT2D eigenvalue weighted by Crippen LogP contribution is 2.11. The first-order valence-electron chi connectivity index (χ1n) is 7.97. The first kappa shape index (κ1) is 20.2. The largest absolute Gasteiger partial charge is 0.338 e. The number of hydrazone groups is 1. The van der Waals surface area contributed by atoms with Crippen LogP contribution in [0.4, 0.5) is 0 Å². The molecule has 0 atom stereocenters. The van der Waals surface area contributed by atoms with Gasteiger partial charge < -0.3 is 4.90 Å². The molecular weight excluding hydrogens is 326 g/mol. The van der Waals surface area contributed by atoms with Crippen LogP contribution in [0.2, 0.25) is 0 Å². The molecule has 0 fully saturated rings. The minimum absolute atomic E-state index is 0.0733. The summed E-state index contributed by atoms with van der Waals surface area (Å²) < 4.78 is 24.3. The molecule has 134 valence electrons. The molecule has 1 N–H and O–H groups in total. The number of hydrogen-bond acceptors (Lipinski definition) is 4. The summed E-state index contributed by atoms with van der Waals surface area (Å²) in [6.45, 7) is 11.3. The minimum Gasteiger partial charge on any atom is -0.338 e. The number of carbonyl (C=O) groups excluding carboxylic acids is 1. The van der Waals surface area contributed by atoms with Crippen LogP contribution in [-0.4, -0.2) is 37.0 Å². The van der Waals surface area contributed by atoms with Crippen molar-refractivity contribution in [3.8, 4) is 0 Å². The zero-order valence-electron chi connectivity index (χ0n) is 15.2. The number of nitrogens with zero attached hydrogens (tertiary/aromatic N) is 2. The molecule has 0 bridgehead atoms. The number of benzene rings is 1. The van der Waals surface area contributed by atoms with Gasteiger partial charge in [-0.3, -0.25) is 4.79 Å². The summed E-state index contributed by atoms with van der Waals surface area (Å²) in [5.74, 6) is -0.0733. The predicted molar refractivity (Wildman–Crippen MR) is 96.3 cm³/mol. The van der Waals surface area contributed by atoms with Crippen LogP contribution in [-0.2, 0) is 14.8 Å². The molecule has 1 aromatic carbocycles. The molecule has 1 amide bonds. The van der Waals surface area contributed by atoms with E-state index in [1.807, 2.05) is 34.6 Å². The van der Waals surface area contributed by atoms with E-state index in [4.69, 9.17) is 0 Å². The van der Waals surface area contributed by atoms with Crippen molar-refractivity contribution in [3.05, 3.63) is 29.8 Å². The summed E-state index contributed by atoms with van der Waals surface area (Å²) in [7, 11) is -3.72. The zero-order chi connectivity index (χ0) is 18.5. The van der Waals surface area contributed by atoms with Crippen LogP contribution in [0.3, 0.4) is 0 Å². The molecule has 0 radical (unpaired) electrons. The SMILES string of the molecule is C/C(CC(=O)N(C(C)C)C(C)C)=N\NS(=O)(=O)c1ccc(C)cc1. The maximum absolute atomic E-state index is 12.3. The normalized spacial score (nSPS) is 12.6. The summed E-state index contributed by atoms with van der Waals surface area (Å²) in [4.78, 5) is 16.4. The molecule has 1 rings (SSSR count). The Labute approximate surface area is 145 Å². The monoisotopic (exact) mass is 353 g/mol. The molecule has 0 saturated heterocycles. The maximum Gasteiger partial charge on any atom is 0.276 e. The molecule has 7 heteroatoms. The Morgan fingerprint density at radius 2 is 1.62 bits per heavy atom. The molecular formula is C17H27N3O3S. The van der Waals surface area contributed by atoms with Crippen molar-refractivity contribution >= 4 is 21.6 Å². The smallest absolute Gasteiger partial charge is 0.276 e. The number of rotatable bonds is 7. The highest BCUT2D eigenvalue weighted by Gasteiger charge is 2.20. The van der Waals surface area contributed by atoms with Gasteiger partial charge in [-0.1, -0.05) is 17.7 Å². The van der Waals surface area contributed by atoms with Crippen LogP contribution in [0.1, 0.15) is 46.6 Å². The predicted octanol–water partition coefficient (Wildman–Crippen LogP) is 2.68. The summed E-state index contributed by atoms with van der Waals surface area (Å²) in [6.07, 6.45) is 0.0762. The third kappa shape index (κ3) is 5.63. The number of aryl methyl sites for hydroxylation is 1. The zero-order valence-corrected chi connectivity index (χ0v) is 16.0. The van der Waals surface area contributed by atoms with Crippen LogP contribution in [0.25, 0.3) is 0 Å². The lowest BCUT2D eigenvalue weighted by atomic mass is 10.2. The van der Waals surface area contributed by atoms with Gasteiger partial charge in [0.25, 0.3) is 10.0 Å². The molecule has 0 aliphatic carbocycles. The van der Waals surface area contributed by atoms with Gasteiger partial charge >= 0.3 is 0 Å². The number of sulfonamides is 1. The van der Waals surface area contributed by atoms with E-state index < -0.39 is 10.0 Å². The Kier molecular flexibility index (Phi) is 6.95. The fourth-order valence-corrected chi connectivity index (χ4v) is 3.31. The van der Waals surface area contributed by atoms with Gasteiger partial charge in [-0.2, -0.15) is 13.5 Å². The lowest BCUT2D eigenvalue weighted by Crippen LogP contribution is -2.42. The summed E-state index contributed by atoms with van der Waals surface area (Å²) in [5, 5.41) is 3.87. The second-order valence-electron chi connectivity index (χ2n) is 6.42. The Hall–Kier alpha value is -1.89. The number of amides is 1. The molecule has 0 unspecified atom stereocenters. The maximum atomic E-state index is 12.3. The molecule has 0 spiro atoms. The first-order valence-corrected chi connectivity index (χ1v) is 9.45. The summed E-state index contributed by atoms with van der Waals surface area (Å²) in [5.41, 5.74) is 1.39. The average molecular weight is 353 g/mol. The van der Waals surface area contributed by atoms with E-state index >= 15 is 0 Å². The van der Waals surface area contributed by atoms with Gasteiger partial charge in [0.05, 0.1) is 11.3 Å². The van der Waals surface area contributed by atoms with Crippen molar-refractivity contribution in [2.24, 2.45) is 5.10 Å². The van der Waals surface area contributed by atoms with Crippen molar-refractivity contribution in [1.29, 1.82) is 0 Å². The molecule has 0 aliphatic rings. The lowest BCUT2D eigenvalue weighted by molar-refractivity contribution is -0.133. The van der Waals surface area contributed by atoms with Crippen molar-refractivity contribution in [2.45, 2.75) is 64.9 Å². The van der Waals surface area contributed by atoms with Gasteiger partial charge in [0, 0.05) is 17.8 Å². The third-order valence-electron chi connectivity index (χ3n) is 3.50. The molecule has 24 heavy (non-hydrogen) atoms. The third-order valence-corrected chi connectivity index (χ3v) is 4.72. The van der Waals surface area contributed by atoms with E-state index in [0.29, 0.717) is 5.71 Å². The van der Waals surface area contributed by atoms with Gasteiger partial charge in [-0.15, -0.1) is 0 Å². The van der Waals surface area contributed by atoms with Gasteiger partial charge in [0.15, 0.2) is 0 Å². The van der Waals surface area contributed by atoms with E-state index in [0.717, 1.165) is 5.56 Å². The van der Waals surface area contributed by atoms with Gasteiger partial charge in [-0.25, -0.2) is 4.83 Å². The first-order chi connectivity index (χ1) is 11.0. The van der Waals surface area contributed by atoms with E-state index in [-0.39, 0.29) is 29.3 Å². The van der Waals surface area contributed by atoms with Crippen LogP contribution >= 0.6 is 0 Å². The topological polar surface area (TPSA) is 78.8 Å². The van der Waals surface area contributed by atoms with Crippen LogP contribution < -0.4 is 4.83 Å². The Balaban J connectivity index is 2.79. The molecule has 0 aliphatic heterocycles. The summed E-state index contributed by atoms with van der Waals surface area (Å²) in [6, 6.07) is 6.64. The van der Waals surface area contributed by atoms with Crippen molar-refractivity contribution < 1.29 is 13.2 Å². The number of hydrogen-bond donors (Lipinski definition) is 1. The number of nitrogens with one attached hydrogen (secondary N) is 1. The average Bonchev–Trinajstić information content (AvgIpc) is 2.44. The fourth-order valence-electron chi connectivity index (χ4n) is 2.43. The number of carbonyl (C=O) groups is 1. The standard InChI is InChI=1S/C17H27N3O3S/c1-12(2)20(13(3)4)17(21)11-15(6)18-19-24(22,23)16-9-7-14(5)8-10-16/h7-10,12-13,19H,11H2,1-6H3/b18-15+. The molecule has 0 aromatic heterocycles. The molecule has 0 saturated carbocycles. The van der Waals surface area contributed by atoms with Gasteiger partial charge in [-0.05, 0) is 53.7 Å². The fraction of sp³-hybridized carbons (Fsp3) is 0.529. The van der Waals surface area contributed by atoms with Crippen LogP contribution in [0.15, 0.2) is 34.3 Å². The van der Waals surface area contributed by atoms with E-state index in [9.17, 15) is 13.2 Å². The Bertz CT molecular complexity index is 684. The quantitative estimate of drug-likeness (QED) is 0.604. The van der Waals surface area contributed by atoms with Gasteiger partial charge in [0.1, 0.15) is 0 Å². The minimum atomic E-state index is -3.72. The molecule has 0 heterocycles. The Morgan fingerprint density at radius 3 is 2.08 bits per heavy atom. The van der Waals surface area contributed by atoms with Crippen molar-refractivity contribution in [2.75, 3.05) is 0 Å². The van der Waals surface area contributed by atoms with Crippen LogP contribution in [0, 0.1) is 6.92 Å². The Morgan fingerprint density at radius 1 is 1.12 bits per heavy atom. The van der Waals surface area contributed by atoms with E-state index in [1.54, 1.807) is 24.0 Å². The summed E-state index contributed by atoms with van der Waals surface area (Å²) >= 11 is 0. The van der Waals surface area contributed by atoms with Crippen LogP contribution in [0.5, 0.6) is 0 Å². The lowest BCUT2D eigenvalue weighted by Gasteiger charge is -2.30. The van der Waals surface area contributed by atoms with Crippen molar-refractivity contribution in [1.82, 2.24) is 9.73 Å². The molecule has 6 nitrogen and oxygen atoms in total. The van der Waals surface area contributed by atoms with Gasteiger partial charge in [0.2, 0.25) is 5.91 Å². The van der Waals surface area contributed by atoms with Crippen molar-refractivity contribution in [3.63, 3.8) is 0 Å². The second-order valence-corrected chi connectivity index (χ2v) is 8.08. The van der Waals surface area contributed by atoms with E-state index in [1.165, 1.54) is 12.1 Å².